The number of benzene rings is 1. The van der Waals surface area contributed by atoms with Gasteiger partial charge in [-0.15, -0.1) is 0 Å². The molecule has 1 unspecified atom stereocenters. The van der Waals surface area contributed by atoms with Gasteiger partial charge in [0.1, 0.15) is 0 Å². The van der Waals surface area contributed by atoms with E-state index in [9.17, 15) is 4.79 Å². The second-order valence-corrected chi connectivity index (χ2v) is 6.43. The zero-order valence-corrected chi connectivity index (χ0v) is 13.6. The van der Waals surface area contributed by atoms with Gasteiger partial charge in [0.15, 0.2) is 0 Å². The quantitative estimate of drug-likeness (QED) is 0.815. The smallest absolute Gasteiger partial charge is 0.224 e. The van der Waals surface area contributed by atoms with Crippen LogP contribution in [0.15, 0.2) is 22.7 Å². The molecule has 106 valence electrons. The molecule has 1 amide bonds. The number of halogens is 2. The van der Waals surface area contributed by atoms with Crippen molar-refractivity contribution in [2.45, 2.75) is 26.7 Å². The summed E-state index contributed by atoms with van der Waals surface area (Å²) in [6, 6.07) is 5.37. The zero-order chi connectivity index (χ0) is 14.4. The lowest BCUT2D eigenvalue weighted by Crippen LogP contribution is -2.23. The molecule has 0 fully saturated rings. The molecule has 0 heterocycles. The third-order valence-corrected chi connectivity index (χ3v) is 3.64. The third-order valence-electron chi connectivity index (χ3n) is 2.81. The van der Waals surface area contributed by atoms with Crippen molar-refractivity contribution in [3.05, 3.63) is 27.7 Å². The van der Waals surface area contributed by atoms with E-state index in [1.165, 1.54) is 0 Å². The van der Waals surface area contributed by atoms with E-state index < -0.39 is 0 Å². The first kappa shape index (κ1) is 16.5. The van der Waals surface area contributed by atoms with Crippen molar-refractivity contribution in [3.63, 3.8) is 0 Å². The molecule has 1 aromatic rings. The molecule has 0 aromatic heterocycles. The fourth-order valence-corrected chi connectivity index (χ4v) is 2.51. The first-order chi connectivity index (χ1) is 8.92. The Hall–Kier alpha value is -0.580. The minimum atomic E-state index is -0.0453. The number of amides is 1. The number of hydrogen-bond donors (Lipinski definition) is 2. The second-order valence-electron chi connectivity index (χ2n) is 5.11. The molecule has 0 radical (unpaired) electrons. The van der Waals surface area contributed by atoms with Gasteiger partial charge in [0.2, 0.25) is 5.91 Å². The lowest BCUT2D eigenvalue weighted by Gasteiger charge is -2.17. The standard InChI is InChI=1S/C14H20BrClN2O/c1-9(2)5-10(8-17)6-14(19)18-13-7-11(15)3-4-12(13)16/h3-4,7,9-10H,5-6,8,17H2,1-2H3,(H,18,19). The Bertz CT molecular complexity index is 437. The van der Waals surface area contributed by atoms with Gasteiger partial charge >= 0.3 is 0 Å². The molecule has 3 nitrogen and oxygen atoms in total. The number of carbonyl (C=O) groups excluding carboxylic acids is 1. The highest BCUT2D eigenvalue weighted by Gasteiger charge is 2.15. The summed E-state index contributed by atoms with van der Waals surface area (Å²) >= 11 is 9.39. The third kappa shape index (κ3) is 5.93. The summed E-state index contributed by atoms with van der Waals surface area (Å²) < 4.78 is 0.879. The largest absolute Gasteiger partial charge is 0.330 e. The summed E-state index contributed by atoms with van der Waals surface area (Å²) in [6.07, 6.45) is 1.38. The SMILES string of the molecule is CC(C)CC(CN)CC(=O)Nc1cc(Br)ccc1Cl. The lowest BCUT2D eigenvalue weighted by atomic mass is 9.94. The molecule has 0 saturated heterocycles. The van der Waals surface area contributed by atoms with E-state index >= 15 is 0 Å². The number of nitrogens with two attached hydrogens (primary N) is 1. The predicted molar refractivity (Wildman–Crippen MR) is 84.4 cm³/mol. The Morgan fingerprint density at radius 1 is 1.47 bits per heavy atom. The van der Waals surface area contributed by atoms with Crippen LogP contribution in [0.2, 0.25) is 5.02 Å². The fraction of sp³-hybridized carbons (Fsp3) is 0.500. The molecule has 3 N–H and O–H groups in total. The van der Waals surface area contributed by atoms with Crippen LogP contribution in [0.25, 0.3) is 0 Å². The Morgan fingerprint density at radius 3 is 2.74 bits per heavy atom. The molecule has 0 aliphatic rings. The first-order valence-corrected chi connectivity index (χ1v) is 7.54. The Kier molecular flexibility index (Phi) is 6.83. The fourth-order valence-electron chi connectivity index (χ4n) is 1.99. The van der Waals surface area contributed by atoms with Crippen LogP contribution in [0.1, 0.15) is 26.7 Å². The summed E-state index contributed by atoms with van der Waals surface area (Å²) in [4.78, 5) is 12.0. The van der Waals surface area contributed by atoms with Crippen molar-refractivity contribution in [1.29, 1.82) is 0 Å². The van der Waals surface area contributed by atoms with E-state index in [4.69, 9.17) is 17.3 Å². The monoisotopic (exact) mass is 346 g/mol. The van der Waals surface area contributed by atoms with E-state index in [1.54, 1.807) is 12.1 Å². The van der Waals surface area contributed by atoms with Crippen LogP contribution in [0.3, 0.4) is 0 Å². The summed E-state index contributed by atoms with van der Waals surface area (Å²) in [5.74, 6) is 0.706. The van der Waals surface area contributed by atoms with Crippen molar-refractivity contribution < 1.29 is 4.79 Å². The molecule has 5 heteroatoms. The number of anilines is 1. The summed E-state index contributed by atoms with van der Waals surface area (Å²) in [5.41, 5.74) is 6.33. The normalized spacial score (nSPS) is 12.5. The van der Waals surface area contributed by atoms with Crippen molar-refractivity contribution in [2.24, 2.45) is 17.6 Å². The average Bonchev–Trinajstić information content (AvgIpc) is 2.32. The molecule has 19 heavy (non-hydrogen) atoms. The van der Waals surface area contributed by atoms with Crippen LogP contribution in [-0.2, 0) is 4.79 Å². The molecular formula is C14H20BrClN2O. The Balaban J connectivity index is 2.61. The van der Waals surface area contributed by atoms with E-state index in [2.05, 4.69) is 35.1 Å². The van der Waals surface area contributed by atoms with Gasteiger partial charge in [0, 0.05) is 10.9 Å². The highest BCUT2D eigenvalue weighted by molar-refractivity contribution is 9.10. The van der Waals surface area contributed by atoms with Crippen LogP contribution in [0.4, 0.5) is 5.69 Å². The Morgan fingerprint density at radius 2 is 2.16 bits per heavy atom. The predicted octanol–water partition coefficient (Wildman–Crippen LogP) is 4.05. The van der Waals surface area contributed by atoms with Gasteiger partial charge in [-0.3, -0.25) is 4.79 Å². The van der Waals surface area contributed by atoms with E-state index in [-0.39, 0.29) is 11.8 Å². The second kappa shape index (κ2) is 7.88. The highest BCUT2D eigenvalue weighted by atomic mass is 79.9. The van der Waals surface area contributed by atoms with E-state index in [1.807, 2.05) is 6.07 Å². The maximum Gasteiger partial charge on any atom is 0.224 e. The van der Waals surface area contributed by atoms with Crippen molar-refractivity contribution in [1.82, 2.24) is 0 Å². The molecule has 0 aliphatic carbocycles. The summed E-state index contributed by atoms with van der Waals surface area (Å²) in [5, 5.41) is 3.36. The molecule has 0 aliphatic heterocycles. The zero-order valence-electron chi connectivity index (χ0n) is 11.2. The molecule has 0 spiro atoms. The van der Waals surface area contributed by atoms with E-state index in [0.29, 0.717) is 29.6 Å². The van der Waals surface area contributed by atoms with Gasteiger partial charge in [0.05, 0.1) is 10.7 Å². The highest BCUT2D eigenvalue weighted by Crippen LogP contribution is 2.26. The number of nitrogens with one attached hydrogen (secondary N) is 1. The van der Waals surface area contributed by atoms with Gasteiger partial charge in [-0.1, -0.05) is 41.4 Å². The van der Waals surface area contributed by atoms with Crippen LogP contribution in [-0.4, -0.2) is 12.5 Å². The molecule has 1 rings (SSSR count). The topological polar surface area (TPSA) is 55.1 Å². The van der Waals surface area contributed by atoms with Crippen LogP contribution >= 0.6 is 27.5 Å². The Labute approximate surface area is 128 Å². The van der Waals surface area contributed by atoms with Crippen molar-refractivity contribution >= 4 is 39.1 Å². The molecule has 1 aromatic carbocycles. The summed E-state index contributed by atoms with van der Waals surface area (Å²) in [7, 11) is 0. The maximum atomic E-state index is 12.0. The van der Waals surface area contributed by atoms with Crippen LogP contribution in [0.5, 0.6) is 0 Å². The minimum absolute atomic E-state index is 0.0453. The van der Waals surface area contributed by atoms with Crippen molar-refractivity contribution in [3.8, 4) is 0 Å². The molecular weight excluding hydrogens is 328 g/mol. The maximum absolute atomic E-state index is 12.0. The summed E-state index contributed by atoms with van der Waals surface area (Å²) in [6.45, 7) is 4.79. The molecule has 1 atom stereocenters. The van der Waals surface area contributed by atoms with Gasteiger partial charge in [-0.2, -0.15) is 0 Å². The van der Waals surface area contributed by atoms with Crippen molar-refractivity contribution in [2.75, 3.05) is 11.9 Å². The molecule has 0 saturated carbocycles. The van der Waals surface area contributed by atoms with Gasteiger partial charge in [-0.25, -0.2) is 0 Å². The average molecular weight is 348 g/mol. The van der Waals surface area contributed by atoms with Gasteiger partial charge in [0.25, 0.3) is 0 Å². The van der Waals surface area contributed by atoms with Crippen LogP contribution < -0.4 is 11.1 Å². The first-order valence-electron chi connectivity index (χ1n) is 6.37. The van der Waals surface area contributed by atoms with E-state index in [0.717, 1.165) is 10.9 Å². The minimum Gasteiger partial charge on any atom is -0.330 e. The van der Waals surface area contributed by atoms with Gasteiger partial charge < -0.3 is 11.1 Å². The number of carbonyl (C=O) groups is 1. The van der Waals surface area contributed by atoms with Gasteiger partial charge in [-0.05, 0) is 43.0 Å². The van der Waals surface area contributed by atoms with Crippen LogP contribution in [0, 0.1) is 11.8 Å². The lowest BCUT2D eigenvalue weighted by molar-refractivity contribution is -0.117. The molecule has 0 bridgehead atoms. The number of rotatable bonds is 6. The number of hydrogen-bond acceptors (Lipinski definition) is 2.